The molecule has 1 aromatic heterocycles. The lowest BCUT2D eigenvalue weighted by Gasteiger charge is -2.26. The van der Waals surface area contributed by atoms with Gasteiger partial charge >= 0.3 is 6.18 Å². The van der Waals surface area contributed by atoms with Gasteiger partial charge in [0.1, 0.15) is 0 Å². The highest BCUT2D eigenvalue weighted by Crippen LogP contribution is 2.31. The molecule has 0 saturated carbocycles. The number of nitrogens with zero attached hydrogens (tertiary/aromatic N) is 2. The molecule has 0 fully saturated rings. The molecule has 2 nitrogen and oxygen atoms in total. The van der Waals surface area contributed by atoms with E-state index in [0.717, 1.165) is 18.4 Å². The smallest absolute Gasteiger partial charge is 0.233 e. The summed E-state index contributed by atoms with van der Waals surface area (Å²) in [6, 6.07) is 0. The lowest BCUT2D eigenvalue weighted by atomic mass is 9.79. The van der Waals surface area contributed by atoms with E-state index in [-0.39, 0.29) is 5.41 Å². The van der Waals surface area contributed by atoms with Crippen LogP contribution in [-0.2, 0) is 11.6 Å². The van der Waals surface area contributed by atoms with Crippen LogP contribution in [0.15, 0.2) is 12.4 Å². The Morgan fingerprint density at radius 1 is 1.06 bits per heavy atom. The zero-order valence-electron chi connectivity index (χ0n) is 9.60. The molecule has 0 spiro atoms. The fourth-order valence-electron chi connectivity index (χ4n) is 1.44. The Morgan fingerprint density at radius 2 is 1.50 bits per heavy atom. The van der Waals surface area contributed by atoms with E-state index in [1.54, 1.807) is 0 Å². The Morgan fingerprint density at radius 3 is 1.81 bits per heavy atom. The Bertz CT molecular complexity index is 339. The molecule has 1 heterocycles. The summed E-state index contributed by atoms with van der Waals surface area (Å²) >= 11 is 0. The van der Waals surface area contributed by atoms with Crippen molar-refractivity contribution in [2.24, 2.45) is 0 Å². The van der Waals surface area contributed by atoms with Crippen LogP contribution < -0.4 is 0 Å². The molecule has 0 aliphatic heterocycles. The molecule has 0 N–H and O–H groups in total. The summed E-state index contributed by atoms with van der Waals surface area (Å²) in [5.74, 6) is -1.08. The van der Waals surface area contributed by atoms with Gasteiger partial charge in [0.2, 0.25) is 5.82 Å². The second kappa shape index (κ2) is 4.39. The van der Waals surface area contributed by atoms with Crippen LogP contribution in [0.25, 0.3) is 0 Å². The van der Waals surface area contributed by atoms with Gasteiger partial charge in [-0.1, -0.05) is 20.8 Å². The van der Waals surface area contributed by atoms with Crippen LogP contribution in [0.4, 0.5) is 13.2 Å². The van der Waals surface area contributed by atoms with E-state index in [4.69, 9.17) is 0 Å². The maximum atomic E-state index is 12.3. The first kappa shape index (κ1) is 12.9. The van der Waals surface area contributed by atoms with Gasteiger partial charge in [-0.15, -0.1) is 0 Å². The van der Waals surface area contributed by atoms with Gasteiger partial charge in [-0.25, -0.2) is 9.97 Å². The molecular weight excluding hydrogens is 217 g/mol. The van der Waals surface area contributed by atoms with E-state index in [0.29, 0.717) is 0 Å². The van der Waals surface area contributed by atoms with Crippen molar-refractivity contribution in [1.82, 2.24) is 9.97 Å². The molecule has 0 aliphatic rings. The van der Waals surface area contributed by atoms with Crippen LogP contribution in [0.3, 0.4) is 0 Å². The molecule has 0 amide bonds. The number of hydrogen-bond acceptors (Lipinski definition) is 2. The SMILES string of the molecule is CCC(C)(CC)c1cnc(C(F)(F)F)nc1. The van der Waals surface area contributed by atoms with Gasteiger partial charge < -0.3 is 0 Å². The standard InChI is InChI=1S/C11H15F3N2/c1-4-10(3,5-2)8-6-15-9(16-7-8)11(12,13)14/h6-7H,4-5H2,1-3H3. The number of alkyl halides is 3. The van der Waals surface area contributed by atoms with Crippen LogP contribution in [0.1, 0.15) is 45.0 Å². The number of rotatable bonds is 3. The van der Waals surface area contributed by atoms with Gasteiger partial charge in [0, 0.05) is 12.4 Å². The maximum Gasteiger partial charge on any atom is 0.451 e. The van der Waals surface area contributed by atoms with Crippen molar-refractivity contribution in [1.29, 1.82) is 0 Å². The first-order valence-electron chi connectivity index (χ1n) is 5.23. The van der Waals surface area contributed by atoms with Crippen molar-refractivity contribution in [3.05, 3.63) is 23.8 Å². The third-order valence-corrected chi connectivity index (χ3v) is 3.16. The molecular formula is C11H15F3N2. The molecule has 5 heteroatoms. The summed E-state index contributed by atoms with van der Waals surface area (Å²) in [5.41, 5.74) is 0.606. The van der Waals surface area contributed by atoms with Gasteiger partial charge in [0.15, 0.2) is 0 Å². The minimum Gasteiger partial charge on any atom is -0.233 e. The third kappa shape index (κ3) is 2.51. The lowest BCUT2D eigenvalue weighted by Crippen LogP contribution is -2.21. The monoisotopic (exact) mass is 232 g/mol. The highest BCUT2D eigenvalue weighted by Gasteiger charge is 2.35. The molecule has 0 bridgehead atoms. The first-order valence-corrected chi connectivity index (χ1v) is 5.23. The summed E-state index contributed by atoms with van der Waals surface area (Å²) < 4.78 is 36.8. The maximum absolute atomic E-state index is 12.3. The van der Waals surface area contributed by atoms with E-state index in [1.807, 2.05) is 20.8 Å². The molecule has 0 radical (unpaired) electrons. The molecule has 16 heavy (non-hydrogen) atoms. The predicted octanol–water partition coefficient (Wildman–Crippen LogP) is 3.57. The zero-order valence-corrected chi connectivity index (χ0v) is 9.60. The minimum atomic E-state index is -4.46. The van der Waals surface area contributed by atoms with Crippen LogP contribution in [0, 0.1) is 0 Å². The summed E-state index contributed by atoms with van der Waals surface area (Å²) in [7, 11) is 0. The minimum absolute atomic E-state index is 0.149. The average molecular weight is 232 g/mol. The van der Waals surface area contributed by atoms with Crippen molar-refractivity contribution < 1.29 is 13.2 Å². The summed E-state index contributed by atoms with van der Waals surface area (Å²) in [4.78, 5) is 6.75. The highest BCUT2D eigenvalue weighted by atomic mass is 19.4. The van der Waals surface area contributed by atoms with Crippen molar-refractivity contribution >= 4 is 0 Å². The molecule has 0 saturated heterocycles. The molecule has 0 atom stereocenters. The van der Waals surface area contributed by atoms with Gasteiger partial charge in [-0.2, -0.15) is 13.2 Å². The summed E-state index contributed by atoms with van der Waals surface area (Å²) in [6.07, 6.45) is -0.213. The molecule has 0 unspecified atom stereocenters. The third-order valence-electron chi connectivity index (χ3n) is 3.16. The normalized spacial score (nSPS) is 12.9. The number of aromatic nitrogens is 2. The largest absolute Gasteiger partial charge is 0.451 e. The molecule has 0 aliphatic carbocycles. The van der Waals surface area contributed by atoms with E-state index < -0.39 is 12.0 Å². The second-order valence-corrected chi connectivity index (χ2v) is 4.06. The van der Waals surface area contributed by atoms with Crippen molar-refractivity contribution in [2.75, 3.05) is 0 Å². The van der Waals surface area contributed by atoms with Gasteiger partial charge in [0.25, 0.3) is 0 Å². The van der Waals surface area contributed by atoms with E-state index in [9.17, 15) is 13.2 Å². The zero-order chi connectivity index (χ0) is 12.4. The van der Waals surface area contributed by atoms with Crippen molar-refractivity contribution in [3.63, 3.8) is 0 Å². The van der Waals surface area contributed by atoms with E-state index in [1.165, 1.54) is 12.4 Å². The Hall–Kier alpha value is -1.13. The molecule has 1 rings (SSSR count). The van der Waals surface area contributed by atoms with Crippen LogP contribution in [0.2, 0.25) is 0 Å². The second-order valence-electron chi connectivity index (χ2n) is 4.06. The summed E-state index contributed by atoms with van der Waals surface area (Å²) in [6.45, 7) is 6.00. The topological polar surface area (TPSA) is 25.8 Å². The van der Waals surface area contributed by atoms with E-state index >= 15 is 0 Å². The van der Waals surface area contributed by atoms with Crippen molar-refractivity contribution in [2.45, 2.75) is 45.2 Å². The van der Waals surface area contributed by atoms with E-state index in [2.05, 4.69) is 9.97 Å². The number of halogens is 3. The molecule has 1 aromatic rings. The fraction of sp³-hybridized carbons (Fsp3) is 0.636. The van der Waals surface area contributed by atoms with Crippen molar-refractivity contribution in [3.8, 4) is 0 Å². The average Bonchev–Trinajstić information content (AvgIpc) is 2.27. The van der Waals surface area contributed by atoms with Gasteiger partial charge in [-0.05, 0) is 23.8 Å². The lowest BCUT2D eigenvalue weighted by molar-refractivity contribution is -0.145. The molecule has 90 valence electrons. The first-order chi connectivity index (χ1) is 7.33. The number of hydrogen-bond donors (Lipinski definition) is 0. The van der Waals surface area contributed by atoms with Gasteiger partial charge in [-0.3, -0.25) is 0 Å². The predicted molar refractivity (Wildman–Crippen MR) is 55.0 cm³/mol. The highest BCUT2D eigenvalue weighted by molar-refractivity contribution is 5.18. The Kier molecular flexibility index (Phi) is 3.55. The fourth-order valence-corrected chi connectivity index (χ4v) is 1.44. The van der Waals surface area contributed by atoms with Crippen LogP contribution in [0.5, 0.6) is 0 Å². The molecule has 0 aromatic carbocycles. The quantitative estimate of drug-likeness (QED) is 0.796. The Balaban J connectivity index is 3.04. The Labute approximate surface area is 92.9 Å². The summed E-state index contributed by atoms with van der Waals surface area (Å²) in [5, 5.41) is 0. The van der Waals surface area contributed by atoms with Gasteiger partial charge in [0.05, 0.1) is 0 Å². The van der Waals surface area contributed by atoms with Crippen LogP contribution in [-0.4, -0.2) is 9.97 Å². The van der Waals surface area contributed by atoms with Crippen LogP contribution >= 0.6 is 0 Å².